The molecular formula is C21H28N8O5S. The van der Waals surface area contributed by atoms with E-state index in [0.29, 0.717) is 24.7 Å². The van der Waals surface area contributed by atoms with Crippen LogP contribution in [0.3, 0.4) is 0 Å². The van der Waals surface area contributed by atoms with Crippen LogP contribution in [0.4, 0.5) is 5.95 Å². The zero-order chi connectivity index (χ0) is 25.2. The molecule has 4 rings (SSSR count). The number of hydrogen-bond donors (Lipinski definition) is 1. The molecule has 1 aliphatic heterocycles. The van der Waals surface area contributed by atoms with Crippen LogP contribution in [0, 0.1) is 6.92 Å². The topological polar surface area (TPSA) is 156 Å². The Morgan fingerprint density at radius 2 is 1.74 bits per heavy atom. The van der Waals surface area contributed by atoms with Crippen LogP contribution < -0.4 is 14.2 Å². The van der Waals surface area contributed by atoms with Gasteiger partial charge in [0.2, 0.25) is 27.7 Å². The average molecular weight is 505 g/mol. The van der Waals surface area contributed by atoms with E-state index in [-0.39, 0.29) is 23.4 Å². The summed E-state index contributed by atoms with van der Waals surface area (Å²) in [5.74, 6) is 0.567. The first kappa shape index (κ1) is 24.7. The van der Waals surface area contributed by atoms with E-state index in [1.165, 1.54) is 25.1 Å². The number of hydrogen-bond acceptors (Lipinski definition) is 11. The predicted molar refractivity (Wildman–Crippen MR) is 125 cm³/mol. The highest BCUT2D eigenvalue weighted by Crippen LogP contribution is 2.37. The van der Waals surface area contributed by atoms with Gasteiger partial charge in [-0.15, -0.1) is 10.2 Å². The number of methoxy groups -OCH3 is 2. The van der Waals surface area contributed by atoms with E-state index < -0.39 is 27.3 Å². The van der Waals surface area contributed by atoms with Crippen LogP contribution in [0.5, 0.6) is 11.8 Å². The fraction of sp³-hybridized carbons (Fsp3) is 0.524. The molecule has 0 radical (unpaired) electrons. The summed E-state index contributed by atoms with van der Waals surface area (Å²) in [5.41, 5.74) is 1.14. The molecule has 4 heterocycles. The summed E-state index contributed by atoms with van der Waals surface area (Å²) in [7, 11) is -1.09. The Morgan fingerprint density at radius 1 is 1.09 bits per heavy atom. The summed E-state index contributed by atoms with van der Waals surface area (Å²) in [6.45, 7) is 5.77. The first-order valence-corrected chi connectivity index (χ1v) is 12.6. The largest absolute Gasteiger partial charge is 0.479 e. The number of sulfonamides is 1. The van der Waals surface area contributed by atoms with E-state index in [1.54, 1.807) is 26.2 Å². The molecule has 1 fully saturated rings. The lowest BCUT2D eigenvalue weighted by Gasteiger charge is -2.21. The molecule has 0 aromatic carbocycles. The minimum Gasteiger partial charge on any atom is -0.479 e. The molecule has 0 aliphatic carbocycles. The molecule has 0 spiro atoms. The van der Waals surface area contributed by atoms with Gasteiger partial charge in [0.1, 0.15) is 18.3 Å². The van der Waals surface area contributed by atoms with Gasteiger partial charge in [-0.2, -0.15) is 9.97 Å². The van der Waals surface area contributed by atoms with Crippen LogP contribution in [-0.2, 0) is 14.8 Å². The second-order valence-electron chi connectivity index (χ2n) is 8.22. The lowest BCUT2D eigenvalue weighted by molar-refractivity contribution is 0.103. The molecule has 13 nitrogen and oxygen atoms in total. The van der Waals surface area contributed by atoms with Crippen molar-refractivity contribution in [3.8, 4) is 17.4 Å². The van der Waals surface area contributed by atoms with Gasteiger partial charge in [0.25, 0.3) is 0 Å². The number of aromatic nitrogens is 7. The maximum atomic E-state index is 13.4. The van der Waals surface area contributed by atoms with Crippen molar-refractivity contribution in [2.75, 3.05) is 25.5 Å². The number of nitrogens with one attached hydrogen (secondary N) is 1. The van der Waals surface area contributed by atoms with Gasteiger partial charge in [-0.05, 0) is 32.3 Å². The molecule has 0 bridgehead atoms. The molecule has 0 saturated carbocycles. The highest BCUT2D eigenvalue weighted by Gasteiger charge is 2.34. The van der Waals surface area contributed by atoms with Crippen LogP contribution in [0.25, 0.3) is 5.69 Å². The molecule has 1 saturated heterocycles. The van der Waals surface area contributed by atoms with Crippen molar-refractivity contribution in [2.24, 2.45) is 0 Å². The van der Waals surface area contributed by atoms with E-state index in [0.717, 1.165) is 12.0 Å². The van der Waals surface area contributed by atoms with Crippen LogP contribution in [0.2, 0.25) is 0 Å². The van der Waals surface area contributed by atoms with Crippen molar-refractivity contribution in [1.29, 1.82) is 0 Å². The minimum absolute atomic E-state index is 0.0641. The van der Waals surface area contributed by atoms with Gasteiger partial charge in [0.05, 0.1) is 19.5 Å². The van der Waals surface area contributed by atoms with Gasteiger partial charge in [-0.3, -0.25) is 9.29 Å². The van der Waals surface area contributed by atoms with Gasteiger partial charge in [0, 0.05) is 24.9 Å². The standard InChI is InChI=1S/C21H28N8O5S/c1-12-9-22-17(23-10-12)13(2)14(3)35(30,31)28-21-27-26-18(15-7-6-8-34-15)29(21)16-19(32-4)24-11-25-20(16)33-5/h9-11,13-15H,6-8H2,1-5H3,(H,27,28)/t13?,14?,15-/m0/s1. The molecule has 188 valence electrons. The second kappa shape index (κ2) is 10.1. The normalized spacial score (nSPS) is 17.7. The Morgan fingerprint density at radius 3 is 2.31 bits per heavy atom. The lowest BCUT2D eigenvalue weighted by Crippen LogP contribution is -2.31. The molecular weight excluding hydrogens is 476 g/mol. The van der Waals surface area contributed by atoms with Gasteiger partial charge >= 0.3 is 0 Å². The SMILES string of the molecule is COc1ncnc(OC)c1-n1c(NS(=O)(=O)C(C)C(C)c2ncc(C)cn2)nnc1[C@@H]1CCCO1. The maximum Gasteiger partial charge on any atom is 0.245 e. The zero-order valence-corrected chi connectivity index (χ0v) is 21.0. The first-order valence-electron chi connectivity index (χ1n) is 11.1. The molecule has 14 heteroatoms. The predicted octanol–water partition coefficient (Wildman–Crippen LogP) is 1.96. The quantitative estimate of drug-likeness (QED) is 0.454. The van der Waals surface area contributed by atoms with E-state index in [2.05, 4.69) is 34.9 Å². The van der Waals surface area contributed by atoms with Crippen LogP contribution in [-0.4, -0.2) is 69.2 Å². The zero-order valence-electron chi connectivity index (χ0n) is 20.2. The van der Waals surface area contributed by atoms with E-state index in [1.807, 2.05) is 6.92 Å². The Hall–Kier alpha value is -3.39. The monoisotopic (exact) mass is 504 g/mol. The summed E-state index contributed by atoms with van der Waals surface area (Å²) in [4.78, 5) is 16.9. The van der Waals surface area contributed by atoms with Gasteiger partial charge in [0.15, 0.2) is 11.5 Å². The molecule has 0 amide bonds. The number of rotatable bonds is 9. The Bertz CT molecular complexity index is 1250. The second-order valence-corrected chi connectivity index (χ2v) is 10.3. The maximum absolute atomic E-state index is 13.4. The summed E-state index contributed by atoms with van der Waals surface area (Å²) < 4.78 is 47.6. The third kappa shape index (κ3) is 4.89. The van der Waals surface area contributed by atoms with Crippen molar-refractivity contribution in [1.82, 2.24) is 34.7 Å². The molecule has 1 N–H and O–H groups in total. The van der Waals surface area contributed by atoms with E-state index >= 15 is 0 Å². The molecule has 35 heavy (non-hydrogen) atoms. The summed E-state index contributed by atoms with van der Waals surface area (Å²) in [6.07, 6.45) is 5.73. The lowest BCUT2D eigenvalue weighted by atomic mass is 10.1. The third-order valence-corrected chi connectivity index (χ3v) is 7.76. The Kier molecular flexibility index (Phi) is 7.12. The number of ether oxygens (including phenoxy) is 3. The highest BCUT2D eigenvalue weighted by molar-refractivity contribution is 7.93. The molecule has 3 atom stereocenters. The van der Waals surface area contributed by atoms with Gasteiger partial charge < -0.3 is 14.2 Å². The minimum atomic E-state index is -3.97. The van der Waals surface area contributed by atoms with Crippen molar-refractivity contribution in [2.45, 2.75) is 50.9 Å². The van der Waals surface area contributed by atoms with Crippen LogP contribution in [0.1, 0.15) is 55.9 Å². The average Bonchev–Trinajstić information content (AvgIpc) is 3.52. The molecule has 3 aromatic rings. The Labute approximate surface area is 203 Å². The fourth-order valence-electron chi connectivity index (χ4n) is 3.75. The summed E-state index contributed by atoms with van der Waals surface area (Å²) in [5, 5.41) is 7.50. The van der Waals surface area contributed by atoms with Crippen molar-refractivity contribution in [3.05, 3.63) is 35.9 Å². The number of anilines is 1. The fourth-order valence-corrected chi connectivity index (χ4v) is 4.98. The number of aryl methyl sites for hydroxylation is 1. The third-order valence-electron chi connectivity index (χ3n) is 5.91. The van der Waals surface area contributed by atoms with Crippen LogP contribution in [0.15, 0.2) is 18.7 Å². The summed E-state index contributed by atoms with van der Waals surface area (Å²) in [6, 6.07) is 0. The summed E-state index contributed by atoms with van der Waals surface area (Å²) >= 11 is 0. The molecule has 3 aromatic heterocycles. The van der Waals surface area contributed by atoms with Crippen molar-refractivity contribution >= 4 is 16.0 Å². The smallest absolute Gasteiger partial charge is 0.245 e. The molecule has 2 unspecified atom stereocenters. The van der Waals surface area contributed by atoms with Gasteiger partial charge in [-0.1, -0.05) is 6.92 Å². The van der Waals surface area contributed by atoms with Crippen molar-refractivity contribution < 1.29 is 22.6 Å². The Balaban J connectivity index is 1.76. The first-order chi connectivity index (χ1) is 16.8. The van der Waals surface area contributed by atoms with Crippen molar-refractivity contribution in [3.63, 3.8) is 0 Å². The molecule has 1 aliphatic rings. The van der Waals surface area contributed by atoms with Gasteiger partial charge in [-0.25, -0.2) is 18.4 Å². The van der Waals surface area contributed by atoms with E-state index in [4.69, 9.17) is 14.2 Å². The van der Waals surface area contributed by atoms with Crippen LogP contribution >= 0.6 is 0 Å². The highest BCUT2D eigenvalue weighted by atomic mass is 32.2. The van der Waals surface area contributed by atoms with E-state index in [9.17, 15) is 8.42 Å². The number of nitrogens with zero attached hydrogens (tertiary/aromatic N) is 7.